The molecule has 2 aromatic carbocycles. The molecule has 0 spiro atoms. The molecule has 132 valence electrons. The summed E-state index contributed by atoms with van der Waals surface area (Å²) in [5.41, 5.74) is 3.38. The molecular weight excluding hydrogens is 341 g/mol. The van der Waals surface area contributed by atoms with Crippen LogP contribution in [-0.2, 0) is 17.7 Å². The number of carbonyl (C=O) groups is 1. The van der Waals surface area contributed by atoms with Gasteiger partial charge in [0.25, 0.3) is 0 Å². The Morgan fingerprint density at radius 1 is 1.20 bits per heavy atom. The fourth-order valence-corrected chi connectivity index (χ4v) is 3.29. The van der Waals surface area contributed by atoms with Crippen molar-refractivity contribution in [2.75, 3.05) is 6.54 Å². The molecule has 1 aliphatic rings. The number of hydrogen-bond acceptors (Lipinski definition) is 2. The fraction of sp³-hybridized carbons (Fsp3) is 0.350. The second kappa shape index (κ2) is 6.68. The van der Waals surface area contributed by atoms with Crippen LogP contribution < -0.4 is 0 Å². The van der Waals surface area contributed by atoms with Crippen LogP contribution in [0, 0.1) is 5.82 Å². The minimum Gasteiger partial charge on any atom is -0.444 e. The molecule has 0 aromatic heterocycles. The van der Waals surface area contributed by atoms with Crippen molar-refractivity contribution in [1.82, 2.24) is 4.90 Å². The zero-order valence-electron chi connectivity index (χ0n) is 14.6. The summed E-state index contributed by atoms with van der Waals surface area (Å²) in [6, 6.07) is 10.4. The summed E-state index contributed by atoms with van der Waals surface area (Å²) in [6.45, 7) is 6.63. The van der Waals surface area contributed by atoms with Crippen molar-refractivity contribution in [2.45, 2.75) is 39.3 Å². The van der Waals surface area contributed by atoms with E-state index in [9.17, 15) is 9.18 Å². The first kappa shape index (κ1) is 17.7. The number of carbonyl (C=O) groups excluding carboxylic acids is 1. The van der Waals surface area contributed by atoms with Gasteiger partial charge in [-0.25, -0.2) is 9.18 Å². The van der Waals surface area contributed by atoms with Crippen LogP contribution in [0.2, 0.25) is 5.02 Å². The predicted octanol–water partition coefficient (Wildman–Crippen LogP) is 5.44. The van der Waals surface area contributed by atoms with Gasteiger partial charge >= 0.3 is 6.09 Å². The number of benzene rings is 2. The molecule has 2 aromatic rings. The van der Waals surface area contributed by atoms with Gasteiger partial charge in [0, 0.05) is 18.7 Å². The summed E-state index contributed by atoms with van der Waals surface area (Å²) in [5, 5.41) is 0.364. The maximum atomic E-state index is 13.4. The van der Waals surface area contributed by atoms with E-state index in [1.807, 2.05) is 32.9 Å². The molecule has 0 N–H and O–H groups in total. The first-order valence-electron chi connectivity index (χ1n) is 8.29. The zero-order chi connectivity index (χ0) is 18.2. The number of amides is 1. The normalized spacial score (nSPS) is 14.2. The lowest BCUT2D eigenvalue weighted by Gasteiger charge is -2.32. The van der Waals surface area contributed by atoms with E-state index in [4.69, 9.17) is 16.3 Å². The van der Waals surface area contributed by atoms with E-state index < -0.39 is 5.60 Å². The van der Waals surface area contributed by atoms with E-state index in [-0.39, 0.29) is 11.9 Å². The number of nitrogens with zero attached hydrogens (tertiary/aromatic N) is 1. The summed E-state index contributed by atoms with van der Waals surface area (Å²) in [6.07, 6.45) is 0.430. The Labute approximate surface area is 152 Å². The topological polar surface area (TPSA) is 29.5 Å². The standard InChI is InChI=1S/C20H21ClFNO2/c1-20(2,3)25-19(24)23-10-9-13-5-4-6-15(17(13)12-23)16-8-7-14(22)11-18(16)21/h4-8,11H,9-10,12H2,1-3H3. The Balaban J connectivity index is 1.95. The molecule has 3 rings (SSSR count). The van der Waals surface area contributed by atoms with Crippen LogP contribution in [0.4, 0.5) is 9.18 Å². The lowest BCUT2D eigenvalue weighted by molar-refractivity contribution is 0.0224. The monoisotopic (exact) mass is 361 g/mol. The van der Waals surface area contributed by atoms with Crippen LogP contribution in [0.1, 0.15) is 31.9 Å². The van der Waals surface area contributed by atoms with Gasteiger partial charge in [-0.1, -0.05) is 29.8 Å². The lowest BCUT2D eigenvalue weighted by atomic mass is 9.91. The van der Waals surface area contributed by atoms with Gasteiger partial charge in [-0.3, -0.25) is 0 Å². The van der Waals surface area contributed by atoms with Gasteiger partial charge in [0.1, 0.15) is 11.4 Å². The number of ether oxygens (including phenoxy) is 1. The van der Waals surface area contributed by atoms with Gasteiger partial charge in [-0.2, -0.15) is 0 Å². The summed E-state index contributed by atoms with van der Waals surface area (Å²) in [5.74, 6) is -0.367. The Morgan fingerprint density at radius 2 is 1.96 bits per heavy atom. The van der Waals surface area contributed by atoms with E-state index >= 15 is 0 Å². The number of hydrogen-bond donors (Lipinski definition) is 0. The van der Waals surface area contributed by atoms with E-state index in [1.54, 1.807) is 11.0 Å². The van der Waals surface area contributed by atoms with E-state index in [0.29, 0.717) is 18.1 Å². The van der Waals surface area contributed by atoms with Crippen molar-refractivity contribution < 1.29 is 13.9 Å². The highest BCUT2D eigenvalue weighted by Gasteiger charge is 2.27. The van der Waals surface area contributed by atoms with Gasteiger partial charge in [0.15, 0.2) is 0 Å². The fourth-order valence-electron chi connectivity index (χ4n) is 3.02. The third-order valence-corrected chi connectivity index (χ3v) is 4.46. The highest BCUT2D eigenvalue weighted by atomic mass is 35.5. The third kappa shape index (κ3) is 3.96. The first-order chi connectivity index (χ1) is 11.7. The van der Waals surface area contributed by atoms with Crippen molar-refractivity contribution >= 4 is 17.7 Å². The second-order valence-corrected chi connectivity index (χ2v) is 7.63. The van der Waals surface area contributed by atoms with Crippen molar-refractivity contribution in [3.05, 3.63) is 58.4 Å². The van der Waals surface area contributed by atoms with Crippen LogP contribution in [0.25, 0.3) is 11.1 Å². The molecular formula is C20H21ClFNO2. The number of rotatable bonds is 1. The van der Waals surface area contributed by atoms with Gasteiger partial charge in [0.05, 0.1) is 5.02 Å². The predicted molar refractivity (Wildman–Crippen MR) is 97.2 cm³/mol. The average Bonchev–Trinajstić information content (AvgIpc) is 2.52. The zero-order valence-corrected chi connectivity index (χ0v) is 15.4. The minimum absolute atomic E-state index is 0.321. The van der Waals surface area contributed by atoms with Crippen LogP contribution >= 0.6 is 11.6 Å². The van der Waals surface area contributed by atoms with Crippen molar-refractivity contribution in [3.8, 4) is 11.1 Å². The van der Waals surface area contributed by atoms with Gasteiger partial charge in [-0.15, -0.1) is 0 Å². The van der Waals surface area contributed by atoms with Gasteiger partial charge in [0.2, 0.25) is 0 Å². The molecule has 0 radical (unpaired) electrons. The number of fused-ring (bicyclic) bond motifs is 1. The highest BCUT2D eigenvalue weighted by molar-refractivity contribution is 6.33. The van der Waals surface area contributed by atoms with Crippen LogP contribution in [0.15, 0.2) is 36.4 Å². The Hall–Kier alpha value is -2.07. The van der Waals surface area contributed by atoms with Crippen LogP contribution in [0.5, 0.6) is 0 Å². The molecule has 0 fully saturated rings. The van der Waals surface area contributed by atoms with Crippen LogP contribution in [0.3, 0.4) is 0 Å². The summed E-state index contributed by atoms with van der Waals surface area (Å²) in [4.78, 5) is 14.1. The molecule has 0 unspecified atom stereocenters. The molecule has 1 amide bonds. The summed E-state index contributed by atoms with van der Waals surface area (Å²) in [7, 11) is 0. The Morgan fingerprint density at radius 3 is 2.64 bits per heavy atom. The van der Waals surface area contributed by atoms with E-state index in [2.05, 4.69) is 6.07 Å². The molecule has 3 nitrogen and oxygen atoms in total. The lowest BCUT2D eigenvalue weighted by Crippen LogP contribution is -2.40. The van der Waals surface area contributed by atoms with Crippen molar-refractivity contribution in [3.63, 3.8) is 0 Å². The minimum atomic E-state index is -0.531. The van der Waals surface area contributed by atoms with Gasteiger partial charge < -0.3 is 9.64 Å². The van der Waals surface area contributed by atoms with E-state index in [0.717, 1.165) is 23.1 Å². The molecule has 5 heteroatoms. The van der Waals surface area contributed by atoms with Crippen molar-refractivity contribution in [1.29, 1.82) is 0 Å². The molecule has 0 saturated carbocycles. The third-order valence-electron chi connectivity index (χ3n) is 4.15. The molecule has 1 aliphatic heterocycles. The first-order valence-corrected chi connectivity index (χ1v) is 8.66. The average molecular weight is 362 g/mol. The quantitative estimate of drug-likeness (QED) is 0.676. The summed E-state index contributed by atoms with van der Waals surface area (Å²) >= 11 is 6.25. The maximum Gasteiger partial charge on any atom is 0.410 e. The second-order valence-electron chi connectivity index (χ2n) is 7.22. The Bertz CT molecular complexity index is 814. The molecule has 0 atom stereocenters. The molecule has 25 heavy (non-hydrogen) atoms. The molecule has 0 saturated heterocycles. The van der Waals surface area contributed by atoms with Crippen molar-refractivity contribution in [2.24, 2.45) is 0 Å². The molecule has 1 heterocycles. The van der Waals surface area contributed by atoms with E-state index in [1.165, 1.54) is 17.7 Å². The highest BCUT2D eigenvalue weighted by Crippen LogP contribution is 2.35. The largest absolute Gasteiger partial charge is 0.444 e. The molecule has 0 bridgehead atoms. The smallest absolute Gasteiger partial charge is 0.410 e. The number of halogens is 2. The SMILES string of the molecule is CC(C)(C)OC(=O)N1CCc2cccc(-c3ccc(F)cc3Cl)c2C1. The van der Waals surface area contributed by atoms with Crippen LogP contribution in [-0.4, -0.2) is 23.1 Å². The maximum absolute atomic E-state index is 13.4. The Kier molecular flexibility index (Phi) is 4.74. The van der Waals surface area contributed by atoms with Gasteiger partial charge in [-0.05, 0) is 62.1 Å². The molecule has 0 aliphatic carbocycles. The summed E-state index contributed by atoms with van der Waals surface area (Å²) < 4.78 is 18.9.